The average molecular weight is 698 g/mol. The Bertz CT molecular complexity index is 2570. The van der Waals surface area contributed by atoms with Crippen LogP contribution in [-0.2, 0) is 0 Å². The first-order chi connectivity index (χ1) is 24.2. The monoisotopic (exact) mass is 696 g/mol. The molecule has 0 aliphatic carbocycles. The number of hydrogen-bond donors (Lipinski definition) is 2. The second kappa shape index (κ2) is 12.0. The molecule has 8 bridgehead atoms. The van der Waals surface area contributed by atoms with Crippen LogP contribution >= 0.6 is 15.9 Å². The number of nitrogens with zero attached hydrogens (tertiary/aromatic N) is 6. The Morgan fingerprint density at radius 1 is 0.388 bits per heavy atom. The zero-order chi connectivity index (χ0) is 32.7. The lowest BCUT2D eigenvalue weighted by Crippen LogP contribution is -1.90. The van der Waals surface area contributed by atoms with Crippen LogP contribution in [0.1, 0.15) is 22.8 Å². The van der Waals surface area contributed by atoms with Crippen LogP contribution in [-0.4, -0.2) is 39.9 Å². The van der Waals surface area contributed by atoms with Gasteiger partial charge in [0.2, 0.25) is 0 Å². The van der Waals surface area contributed by atoms with E-state index in [-0.39, 0.29) is 0 Å². The molecule has 0 unspecified atom stereocenters. The number of halogens is 1. The first-order valence-electron chi connectivity index (χ1n) is 15.7. The van der Waals surface area contributed by atoms with Crippen molar-refractivity contribution in [2.24, 2.45) is 0 Å². The highest BCUT2D eigenvalue weighted by molar-refractivity contribution is 9.10. The molecule has 9 heteroatoms. The summed E-state index contributed by atoms with van der Waals surface area (Å²) in [6.45, 7) is 0. The van der Waals surface area contributed by atoms with Gasteiger partial charge in [-0.05, 0) is 124 Å². The number of fused-ring (bicyclic) bond motifs is 8. The standard InChI is InChI=1S/C40H25BrN8/c41-28-21-27(22-45-23-28)40-35-7-5-33(48-35)38(25-11-17-43-18-12-25)31-3-1-29(46-31)37(24-9-15-42-16-10-24)30-2-4-32(47-30)39(26-13-19-44-20-14-26)34-6-8-36(40)49-34/h1-23,46,49H. The van der Waals surface area contributed by atoms with Gasteiger partial charge in [-0.2, -0.15) is 0 Å². The van der Waals surface area contributed by atoms with Crippen molar-refractivity contribution >= 4 is 62.3 Å². The second-order valence-electron chi connectivity index (χ2n) is 11.6. The quantitative estimate of drug-likeness (QED) is 0.190. The summed E-state index contributed by atoms with van der Waals surface area (Å²) in [5.41, 5.74) is 14.7. The number of H-pyrrole nitrogens is 2. The topological polar surface area (TPSA) is 109 Å². The number of pyridine rings is 4. The third-order valence-electron chi connectivity index (χ3n) is 8.65. The molecule has 2 aliphatic heterocycles. The summed E-state index contributed by atoms with van der Waals surface area (Å²) >= 11 is 3.64. The molecule has 7 aromatic heterocycles. The van der Waals surface area contributed by atoms with E-state index in [0.717, 1.165) is 93.8 Å². The van der Waals surface area contributed by atoms with Crippen LogP contribution in [0.2, 0.25) is 0 Å². The van der Waals surface area contributed by atoms with Gasteiger partial charge in [0.05, 0.1) is 22.8 Å². The van der Waals surface area contributed by atoms with E-state index in [9.17, 15) is 0 Å². The maximum atomic E-state index is 5.30. The molecular formula is C40H25BrN8. The molecule has 9 rings (SSSR count). The molecule has 0 atom stereocenters. The van der Waals surface area contributed by atoms with Crippen LogP contribution in [0, 0.1) is 0 Å². The van der Waals surface area contributed by atoms with Gasteiger partial charge in [-0.15, -0.1) is 0 Å². The highest BCUT2D eigenvalue weighted by Gasteiger charge is 2.19. The van der Waals surface area contributed by atoms with E-state index < -0.39 is 0 Å². The lowest BCUT2D eigenvalue weighted by Gasteiger charge is -2.06. The SMILES string of the molecule is Brc1cncc(-c2c3nc(c(-c4ccncc4)c4ccc([nH]4)c(-c4ccncc4)c4nc(c(-c5ccncc5)c5ccc2[nH]5)C=C4)C=C3)c1. The van der Waals surface area contributed by atoms with Crippen molar-refractivity contribution in [2.75, 3.05) is 0 Å². The summed E-state index contributed by atoms with van der Waals surface area (Å²) in [7, 11) is 0. The van der Waals surface area contributed by atoms with Crippen molar-refractivity contribution < 1.29 is 0 Å². The summed E-state index contributed by atoms with van der Waals surface area (Å²) < 4.78 is 0.880. The van der Waals surface area contributed by atoms with Gasteiger partial charge in [-0.1, -0.05) is 0 Å². The molecule has 0 fully saturated rings. The van der Waals surface area contributed by atoms with E-state index in [1.54, 1.807) is 31.0 Å². The maximum Gasteiger partial charge on any atom is 0.0737 e. The van der Waals surface area contributed by atoms with Crippen LogP contribution in [0.15, 0.2) is 121 Å². The minimum Gasteiger partial charge on any atom is -0.354 e. The Morgan fingerprint density at radius 2 is 0.735 bits per heavy atom. The van der Waals surface area contributed by atoms with E-state index in [1.807, 2.05) is 55.0 Å². The molecule has 0 saturated carbocycles. The minimum atomic E-state index is 0.817. The van der Waals surface area contributed by atoms with Crippen molar-refractivity contribution in [3.05, 3.63) is 144 Å². The van der Waals surface area contributed by atoms with Gasteiger partial charge in [0.1, 0.15) is 0 Å². The molecule has 2 N–H and O–H groups in total. The number of aromatic amines is 2. The zero-order valence-electron chi connectivity index (χ0n) is 25.8. The number of rotatable bonds is 4. The van der Waals surface area contributed by atoms with E-state index in [4.69, 9.17) is 9.97 Å². The van der Waals surface area contributed by atoms with Crippen molar-refractivity contribution in [1.82, 2.24) is 39.9 Å². The fraction of sp³-hybridized carbons (Fsp3) is 0. The summed E-state index contributed by atoms with van der Waals surface area (Å²) in [6.07, 6.45) is 22.8. The minimum absolute atomic E-state index is 0.817. The Balaban J connectivity index is 1.49. The summed E-state index contributed by atoms with van der Waals surface area (Å²) in [4.78, 5) is 35.5. The third-order valence-corrected chi connectivity index (χ3v) is 9.09. The van der Waals surface area contributed by atoms with E-state index >= 15 is 0 Å². The van der Waals surface area contributed by atoms with Gasteiger partial charge in [-0.25, -0.2) is 9.97 Å². The van der Waals surface area contributed by atoms with E-state index in [0.29, 0.717) is 0 Å². The lowest BCUT2D eigenvalue weighted by atomic mass is 10.1. The van der Waals surface area contributed by atoms with Crippen LogP contribution in [0.3, 0.4) is 0 Å². The molecule has 0 aromatic carbocycles. The van der Waals surface area contributed by atoms with Gasteiger partial charge in [-0.3, -0.25) is 19.9 Å². The second-order valence-corrected chi connectivity index (χ2v) is 12.5. The van der Waals surface area contributed by atoms with Gasteiger partial charge in [0.25, 0.3) is 0 Å². The first kappa shape index (κ1) is 28.9. The van der Waals surface area contributed by atoms with Crippen LogP contribution in [0.25, 0.3) is 90.9 Å². The van der Waals surface area contributed by atoms with Gasteiger partial charge in [0.15, 0.2) is 0 Å². The molecule has 0 amide bonds. The highest BCUT2D eigenvalue weighted by atomic mass is 79.9. The Kier molecular flexibility index (Phi) is 7.09. The van der Waals surface area contributed by atoms with Crippen molar-refractivity contribution in [3.63, 3.8) is 0 Å². The Hall–Kier alpha value is -6.32. The lowest BCUT2D eigenvalue weighted by molar-refractivity contribution is 1.28. The molecular weight excluding hydrogens is 672 g/mol. The largest absolute Gasteiger partial charge is 0.354 e. The predicted molar refractivity (Wildman–Crippen MR) is 199 cm³/mol. The van der Waals surface area contributed by atoms with Crippen molar-refractivity contribution in [2.45, 2.75) is 0 Å². The fourth-order valence-corrected chi connectivity index (χ4v) is 6.89. The van der Waals surface area contributed by atoms with Gasteiger partial charge in [0, 0.05) is 104 Å². The van der Waals surface area contributed by atoms with E-state index in [1.165, 1.54) is 0 Å². The average Bonchev–Trinajstić information content (AvgIpc) is 3.97. The summed E-state index contributed by atoms with van der Waals surface area (Å²) in [5, 5.41) is 0. The maximum absolute atomic E-state index is 5.30. The number of hydrogen-bond acceptors (Lipinski definition) is 6. The molecule has 8 nitrogen and oxygen atoms in total. The smallest absolute Gasteiger partial charge is 0.0737 e. The first-order valence-corrected chi connectivity index (χ1v) is 16.5. The molecule has 49 heavy (non-hydrogen) atoms. The molecule has 9 heterocycles. The third kappa shape index (κ3) is 5.26. The van der Waals surface area contributed by atoms with Crippen molar-refractivity contribution in [3.8, 4) is 44.5 Å². The Labute approximate surface area is 289 Å². The molecule has 0 saturated heterocycles. The molecule has 2 aliphatic rings. The van der Waals surface area contributed by atoms with Crippen LogP contribution in [0.4, 0.5) is 0 Å². The Morgan fingerprint density at radius 3 is 1.08 bits per heavy atom. The highest BCUT2D eigenvalue weighted by Crippen LogP contribution is 2.38. The summed E-state index contributed by atoms with van der Waals surface area (Å²) in [6, 6.07) is 22.6. The van der Waals surface area contributed by atoms with Gasteiger partial charge >= 0.3 is 0 Å². The van der Waals surface area contributed by atoms with Gasteiger partial charge < -0.3 is 9.97 Å². The van der Waals surface area contributed by atoms with Crippen LogP contribution < -0.4 is 0 Å². The van der Waals surface area contributed by atoms with Crippen LogP contribution in [0.5, 0.6) is 0 Å². The molecule has 0 spiro atoms. The fourth-order valence-electron chi connectivity index (χ4n) is 6.52. The molecule has 0 radical (unpaired) electrons. The zero-order valence-corrected chi connectivity index (χ0v) is 27.4. The number of aromatic nitrogens is 8. The molecule has 232 valence electrons. The predicted octanol–water partition coefficient (Wildman–Crippen LogP) is 9.67. The molecule has 7 aromatic rings. The normalized spacial score (nSPS) is 12.0. The van der Waals surface area contributed by atoms with E-state index in [2.05, 4.69) is 100 Å². The summed E-state index contributed by atoms with van der Waals surface area (Å²) in [5.74, 6) is 0. The van der Waals surface area contributed by atoms with Crippen molar-refractivity contribution in [1.29, 1.82) is 0 Å². The number of nitrogens with one attached hydrogen (secondary N) is 2.